The lowest BCUT2D eigenvalue weighted by Gasteiger charge is -2.30. The zero-order chi connectivity index (χ0) is 42.2. The maximum Gasteiger partial charge on any atom is 0.227 e. The number of nitrogens with zero attached hydrogens (tertiary/aromatic N) is 2. The van der Waals surface area contributed by atoms with Gasteiger partial charge in [0.05, 0.1) is 5.41 Å². The minimum absolute atomic E-state index is 0.385. The van der Waals surface area contributed by atoms with E-state index < -0.39 is 0 Å². The molecule has 2 heterocycles. The van der Waals surface area contributed by atoms with Crippen LogP contribution in [-0.2, 0) is 5.41 Å². The number of rotatable bonds is 6. The van der Waals surface area contributed by atoms with Gasteiger partial charge in [0.15, 0.2) is 5.58 Å². The van der Waals surface area contributed by atoms with Gasteiger partial charge in [-0.3, -0.25) is 4.98 Å². The second-order valence-corrected chi connectivity index (χ2v) is 16.9. The van der Waals surface area contributed by atoms with Crippen molar-refractivity contribution in [1.82, 2.24) is 9.97 Å². The van der Waals surface area contributed by atoms with Crippen LogP contribution in [-0.4, -0.2) is 9.97 Å². The van der Waals surface area contributed by atoms with Crippen molar-refractivity contribution in [2.75, 3.05) is 0 Å². The lowest BCUT2D eigenvalue weighted by molar-refractivity contribution is 0.620. The van der Waals surface area contributed by atoms with Crippen molar-refractivity contribution in [3.63, 3.8) is 0 Å². The van der Waals surface area contributed by atoms with Crippen molar-refractivity contribution in [1.29, 1.82) is 0 Å². The van der Waals surface area contributed by atoms with Crippen LogP contribution >= 0.6 is 0 Å². The van der Waals surface area contributed by atoms with Gasteiger partial charge in [-0.25, -0.2) is 4.98 Å². The molecule has 0 radical (unpaired) electrons. The zero-order valence-corrected chi connectivity index (χ0v) is 34.7. The van der Waals surface area contributed by atoms with Gasteiger partial charge in [-0.05, 0) is 138 Å². The van der Waals surface area contributed by atoms with E-state index >= 15 is 0 Å². The molecule has 2 aliphatic rings. The summed E-state index contributed by atoms with van der Waals surface area (Å²) in [4.78, 5) is 9.64. The standard InChI is InChI=1S/C61H38N2O/c1-2-13-39(14-3-1)42-15-10-17-44(33-42)48-35-53(46-18-11-16-43(34-46)47-19-12-32-62-38-47)59-58(37-48)64-60(63-59)41-28-26-40(27-29-41)45-30-31-52-51-22-6-9-25-56(51)61(57(52)36-45)54-23-7-4-20-49(54)50-21-5-8-24-55(50)61/h1-38H. The fourth-order valence-electron chi connectivity index (χ4n) is 10.5. The summed E-state index contributed by atoms with van der Waals surface area (Å²) in [6, 6.07) is 79.0. The summed E-state index contributed by atoms with van der Waals surface area (Å²) in [6.45, 7) is 0. The largest absolute Gasteiger partial charge is 0.436 e. The molecule has 0 unspecified atom stereocenters. The normalized spacial score (nSPS) is 12.8. The number of benzene rings is 9. The van der Waals surface area contributed by atoms with E-state index in [1.165, 1.54) is 55.6 Å². The van der Waals surface area contributed by atoms with Crippen molar-refractivity contribution in [3.8, 4) is 89.3 Å². The van der Waals surface area contributed by atoms with E-state index in [1.54, 1.807) is 0 Å². The van der Waals surface area contributed by atoms with E-state index in [0.29, 0.717) is 5.89 Å². The van der Waals surface area contributed by atoms with Gasteiger partial charge >= 0.3 is 0 Å². The molecule has 0 N–H and O–H groups in total. The highest BCUT2D eigenvalue weighted by Gasteiger charge is 2.51. The fourth-order valence-corrected chi connectivity index (χ4v) is 10.5. The molecule has 3 heteroatoms. The number of oxazole rings is 1. The molecule has 0 amide bonds. The minimum Gasteiger partial charge on any atom is -0.436 e. The van der Waals surface area contributed by atoms with Crippen LogP contribution in [0, 0.1) is 0 Å². The van der Waals surface area contributed by atoms with Crippen LogP contribution in [0.2, 0.25) is 0 Å². The van der Waals surface area contributed by atoms with E-state index in [9.17, 15) is 0 Å². The molecule has 0 bridgehead atoms. The minimum atomic E-state index is -0.385. The molecule has 13 rings (SSSR count). The maximum atomic E-state index is 6.76. The summed E-state index contributed by atoms with van der Waals surface area (Å²) in [5, 5.41) is 0. The third-order valence-corrected chi connectivity index (χ3v) is 13.4. The van der Waals surface area contributed by atoms with Gasteiger partial charge in [-0.1, -0.05) is 170 Å². The fraction of sp³-hybridized carbons (Fsp3) is 0.0164. The number of hydrogen-bond donors (Lipinski definition) is 0. The number of aromatic nitrogens is 2. The van der Waals surface area contributed by atoms with Gasteiger partial charge in [0.1, 0.15) is 5.52 Å². The Morgan fingerprint density at radius 3 is 1.48 bits per heavy atom. The van der Waals surface area contributed by atoms with E-state index in [4.69, 9.17) is 9.40 Å². The van der Waals surface area contributed by atoms with Gasteiger partial charge in [0.2, 0.25) is 5.89 Å². The van der Waals surface area contributed by atoms with Crippen molar-refractivity contribution < 1.29 is 4.42 Å². The first-order valence-corrected chi connectivity index (χ1v) is 21.9. The zero-order valence-electron chi connectivity index (χ0n) is 34.7. The lowest BCUT2D eigenvalue weighted by atomic mass is 9.70. The average Bonchev–Trinajstić information content (AvgIpc) is 4.04. The summed E-state index contributed by atoms with van der Waals surface area (Å²) < 4.78 is 6.76. The van der Waals surface area contributed by atoms with E-state index in [-0.39, 0.29) is 5.41 Å². The molecule has 9 aromatic carbocycles. The predicted octanol–water partition coefficient (Wildman–Crippen LogP) is 15.6. The summed E-state index contributed by atoms with van der Waals surface area (Å²) in [6.07, 6.45) is 3.72. The van der Waals surface area contributed by atoms with Crippen molar-refractivity contribution in [3.05, 3.63) is 253 Å². The van der Waals surface area contributed by atoms with Crippen LogP contribution in [0.3, 0.4) is 0 Å². The summed E-state index contributed by atoms with van der Waals surface area (Å²) in [5.74, 6) is 0.587. The molecular formula is C61H38N2O. The van der Waals surface area contributed by atoms with Crippen LogP contribution in [0.25, 0.3) is 100 Å². The first kappa shape index (κ1) is 36.3. The highest BCUT2D eigenvalue weighted by Crippen LogP contribution is 2.63. The Morgan fingerprint density at radius 1 is 0.312 bits per heavy atom. The highest BCUT2D eigenvalue weighted by molar-refractivity contribution is 5.98. The maximum absolute atomic E-state index is 6.76. The number of hydrogen-bond acceptors (Lipinski definition) is 3. The van der Waals surface area contributed by atoms with Gasteiger partial charge in [0, 0.05) is 29.1 Å². The molecule has 1 spiro atoms. The Morgan fingerprint density at radius 2 is 0.812 bits per heavy atom. The molecule has 2 aromatic heterocycles. The van der Waals surface area contributed by atoms with Crippen molar-refractivity contribution in [2.45, 2.75) is 5.41 Å². The first-order valence-electron chi connectivity index (χ1n) is 21.9. The number of fused-ring (bicyclic) bond motifs is 11. The van der Waals surface area contributed by atoms with Crippen molar-refractivity contribution >= 4 is 11.1 Å². The average molecular weight is 815 g/mol. The Hall–Kier alpha value is -8.40. The molecule has 0 atom stereocenters. The summed E-state index contributed by atoms with van der Waals surface area (Å²) in [5.41, 5.74) is 23.8. The van der Waals surface area contributed by atoms with Gasteiger partial charge in [-0.2, -0.15) is 0 Å². The molecule has 11 aromatic rings. The van der Waals surface area contributed by atoms with Gasteiger partial charge < -0.3 is 4.42 Å². The lowest BCUT2D eigenvalue weighted by Crippen LogP contribution is -2.25. The Balaban J connectivity index is 0.917. The highest BCUT2D eigenvalue weighted by atomic mass is 16.3. The third-order valence-electron chi connectivity index (χ3n) is 13.4. The monoisotopic (exact) mass is 814 g/mol. The summed E-state index contributed by atoms with van der Waals surface area (Å²) in [7, 11) is 0. The van der Waals surface area contributed by atoms with E-state index in [0.717, 1.165) is 61.2 Å². The first-order chi connectivity index (χ1) is 31.7. The molecule has 0 fully saturated rings. The van der Waals surface area contributed by atoms with E-state index in [2.05, 4.69) is 217 Å². The van der Waals surface area contributed by atoms with Crippen LogP contribution in [0.15, 0.2) is 235 Å². The Labute approximate surface area is 371 Å². The van der Waals surface area contributed by atoms with Crippen molar-refractivity contribution in [2.24, 2.45) is 0 Å². The Bertz CT molecular complexity index is 3540. The molecule has 0 saturated carbocycles. The molecule has 3 nitrogen and oxygen atoms in total. The third kappa shape index (κ3) is 5.54. The van der Waals surface area contributed by atoms with Crippen LogP contribution < -0.4 is 0 Å². The SMILES string of the molecule is c1ccc(-c2cccc(-c3cc(-c4cccc(-c5cccnc5)c4)c4nc(-c5ccc(-c6ccc7c(c6)C6(c8ccccc8-c8ccccc86)c6ccccc6-7)cc5)oc4c3)c2)cc1. The van der Waals surface area contributed by atoms with Gasteiger partial charge in [0.25, 0.3) is 0 Å². The van der Waals surface area contributed by atoms with Crippen LogP contribution in [0.1, 0.15) is 22.3 Å². The molecular weight excluding hydrogens is 777 g/mol. The Kier molecular flexibility index (Phi) is 8.13. The molecule has 298 valence electrons. The second-order valence-electron chi connectivity index (χ2n) is 16.9. The summed E-state index contributed by atoms with van der Waals surface area (Å²) >= 11 is 0. The van der Waals surface area contributed by atoms with E-state index in [1.807, 2.05) is 18.5 Å². The van der Waals surface area contributed by atoms with Crippen LogP contribution in [0.4, 0.5) is 0 Å². The predicted molar refractivity (Wildman–Crippen MR) is 261 cm³/mol. The topological polar surface area (TPSA) is 38.9 Å². The smallest absolute Gasteiger partial charge is 0.227 e. The van der Waals surface area contributed by atoms with Gasteiger partial charge in [-0.15, -0.1) is 0 Å². The molecule has 0 saturated heterocycles. The van der Waals surface area contributed by atoms with Crippen LogP contribution in [0.5, 0.6) is 0 Å². The molecule has 0 aliphatic heterocycles. The molecule has 2 aliphatic carbocycles. The molecule has 64 heavy (non-hydrogen) atoms. The number of pyridine rings is 1. The second kappa shape index (κ2) is 14.3. The quantitative estimate of drug-likeness (QED) is 0.168.